The number of ether oxygens (including phenoxy) is 1. The second kappa shape index (κ2) is 11.6. The Labute approximate surface area is 180 Å². The Morgan fingerprint density at radius 1 is 1.13 bits per heavy atom. The number of nitro groups is 1. The molecule has 0 aliphatic carbocycles. The first-order chi connectivity index (χ1) is 14.6. The Hall–Kier alpha value is -2.58. The van der Waals surface area contributed by atoms with Crippen molar-refractivity contribution in [1.82, 2.24) is 0 Å². The van der Waals surface area contributed by atoms with Gasteiger partial charge in [-0.1, -0.05) is 12.1 Å². The van der Waals surface area contributed by atoms with Crippen molar-refractivity contribution in [2.24, 2.45) is 0 Å². The van der Waals surface area contributed by atoms with E-state index in [9.17, 15) is 14.9 Å². The second-order valence-corrected chi connectivity index (χ2v) is 8.49. The Morgan fingerprint density at radius 2 is 1.90 bits per heavy atom. The summed E-state index contributed by atoms with van der Waals surface area (Å²) >= 11 is 1.96. The highest BCUT2D eigenvalue weighted by Gasteiger charge is 2.14. The van der Waals surface area contributed by atoms with Crippen LogP contribution in [0.1, 0.15) is 31.2 Å². The molecule has 1 amide bonds. The summed E-state index contributed by atoms with van der Waals surface area (Å²) in [6.07, 6.45) is 3.28. The van der Waals surface area contributed by atoms with E-state index in [1.165, 1.54) is 17.7 Å². The average Bonchev–Trinajstić information content (AvgIpc) is 2.76. The van der Waals surface area contributed by atoms with Crippen LogP contribution in [0.5, 0.6) is 0 Å². The molecule has 2 aromatic rings. The van der Waals surface area contributed by atoms with Gasteiger partial charge in [-0.3, -0.25) is 14.9 Å². The number of nitrogens with one attached hydrogen (secondary N) is 2. The summed E-state index contributed by atoms with van der Waals surface area (Å²) in [5.41, 5.74) is 2.90. The molecule has 3 rings (SSSR count). The summed E-state index contributed by atoms with van der Waals surface area (Å²) in [7, 11) is 0. The van der Waals surface area contributed by atoms with Gasteiger partial charge in [0.15, 0.2) is 0 Å². The number of carbonyl (C=O) groups excluding carboxylic acids is 1. The van der Waals surface area contributed by atoms with Crippen LogP contribution in [-0.2, 0) is 15.3 Å². The van der Waals surface area contributed by atoms with Gasteiger partial charge in [0.2, 0.25) is 5.91 Å². The predicted octanol–water partition coefficient (Wildman–Crippen LogP) is 4.84. The average molecular weight is 430 g/mol. The topological polar surface area (TPSA) is 93.5 Å². The molecule has 1 fully saturated rings. The molecule has 0 aromatic heterocycles. The summed E-state index contributed by atoms with van der Waals surface area (Å²) in [5.74, 6) is 0.919. The lowest BCUT2D eigenvalue weighted by molar-refractivity contribution is -0.384. The van der Waals surface area contributed by atoms with Gasteiger partial charge < -0.3 is 15.4 Å². The third-order valence-corrected chi connectivity index (χ3v) is 6.30. The van der Waals surface area contributed by atoms with Crippen molar-refractivity contribution < 1.29 is 14.5 Å². The maximum atomic E-state index is 12.2. The number of thioether (sulfide) groups is 1. The van der Waals surface area contributed by atoms with Crippen LogP contribution in [-0.4, -0.2) is 35.8 Å². The molecule has 0 bridgehead atoms. The highest BCUT2D eigenvalue weighted by atomic mass is 32.2. The van der Waals surface area contributed by atoms with E-state index >= 15 is 0 Å². The number of nitro benzene ring substituents is 1. The summed E-state index contributed by atoms with van der Waals surface area (Å²) < 4.78 is 5.40. The van der Waals surface area contributed by atoms with E-state index in [4.69, 9.17) is 4.74 Å². The van der Waals surface area contributed by atoms with Gasteiger partial charge in [0.1, 0.15) is 0 Å². The van der Waals surface area contributed by atoms with Crippen LogP contribution < -0.4 is 10.6 Å². The normalized spacial score (nSPS) is 14.3. The number of rotatable bonds is 10. The molecule has 0 unspecified atom stereocenters. The largest absolute Gasteiger partial charge is 0.385 e. The van der Waals surface area contributed by atoms with Crippen LogP contribution in [0.15, 0.2) is 48.5 Å². The number of nitrogens with zero attached hydrogens (tertiary/aromatic N) is 1. The Morgan fingerprint density at radius 3 is 2.63 bits per heavy atom. The van der Waals surface area contributed by atoms with Gasteiger partial charge in [0.25, 0.3) is 5.69 Å². The highest BCUT2D eigenvalue weighted by Crippen LogP contribution is 2.26. The third-order valence-electron chi connectivity index (χ3n) is 4.85. The van der Waals surface area contributed by atoms with Crippen LogP contribution in [0.25, 0.3) is 0 Å². The van der Waals surface area contributed by atoms with E-state index in [0.29, 0.717) is 24.6 Å². The van der Waals surface area contributed by atoms with Gasteiger partial charge in [-0.05, 0) is 49.1 Å². The summed E-state index contributed by atoms with van der Waals surface area (Å²) in [6.45, 7) is 2.33. The Balaban J connectivity index is 1.36. The summed E-state index contributed by atoms with van der Waals surface area (Å²) in [6, 6.07) is 14.3. The fraction of sp³-hybridized carbons (Fsp3) is 0.409. The lowest BCUT2D eigenvalue weighted by Gasteiger charge is -2.21. The lowest BCUT2D eigenvalue weighted by Crippen LogP contribution is -2.17. The van der Waals surface area contributed by atoms with Crippen molar-refractivity contribution in [1.29, 1.82) is 0 Å². The SMILES string of the molecule is O=C(CCCNc1ccc([N+](=O)[O-])cc1)Nc1cccc(CSC2CCOCC2)c1. The smallest absolute Gasteiger partial charge is 0.269 e. The molecule has 30 heavy (non-hydrogen) atoms. The molecule has 0 radical (unpaired) electrons. The van der Waals surface area contributed by atoms with E-state index in [0.717, 1.165) is 43.2 Å². The standard InChI is InChI=1S/C22H27N3O4S/c26-22(5-2-12-23-18-6-8-20(9-7-18)25(27)28)24-19-4-1-3-17(15-19)16-30-21-10-13-29-14-11-21/h1,3-4,6-9,15,21,23H,2,5,10-14,16H2,(H,24,26). The zero-order valence-corrected chi connectivity index (χ0v) is 17.7. The van der Waals surface area contributed by atoms with Gasteiger partial charge in [0.05, 0.1) is 4.92 Å². The van der Waals surface area contributed by atoms with Crippen molar-refractivity contribution in [2.45, 2.75) is 36.7 Å². The maximum absolute atomic E-state index is 12.2. The number of anilines is 2. The van der Waals surface area contributed by atoms with Crippen molar-refractivity contribution in [3.8, 4) is 0 Å². The summed E-state index contributed by atoms with van der Waals surface area (Å²) in [4.78, 5) is 22.5. The molecule has 0 atom stereocenters. The number of hydrogen-bond donors (Lipinski definition) is 2. The van der Waals surface area contributed by atoms with E-state index in [1.807, 2.05) is 30.0 Å². The van der Waals surface area contributed by atoms with Crippen LogP contribution in [0.4, 0.5) is 17.1 Å². The monoisotopic (exact) mass is 429 g/mol. The molecule has 1 saturated heterocycles. The lowest BCUT2D eigenvalue weighted by atomic mass is 10.2. The van der Waals surface area contributed by atoms with Gasteiger partial charge in [-0.2, -0.15) is 11.8 Å². The minimum absolute atomic E-state index is 0.0188. The number of amides is 1. The fourth-order valence-electron chi connectivity index (χ4n) is 3.20. The predicted molar refractivity (Wildman–Crippen MR) is 121 cm³/mol. The van der Waals surface area contributed by atoms with Gasteiger partial charge in [-0.25, -0.2) is 0 Å². The molecule has 0 saturated carbocycles. The van der Waals surface area contributed by atoms with E-state index in [1.54, 1.807) is 12.1 Å². The first-order valence-corrected chi connectivity index (χ1v) is 11.2. The molecule has 8 heteroatoms. The van der Waals surface area contributed by atoms with Crippen LogP contribution in [0, 0.1) is 10.1 Å². The molecule has 0 spiro atoms. The zero-order valence-electron chi connectivity index (χ0n) is 16.8. The minimum atomic E-state index is -0.424. The number of carbonyl (C=O) groups is 1. The molecule has 1 aliphatic heterocycles. The van der Waals surface area contributed by atoms with Gasteiger partial charge in [0, 0.05) is 60.7 Å². The maximum Gasteiger partial charge on any atom is 0.269 e. The minimum Gasteiger partial charge on any atom is -0.385 e. The van der Waals surface area contributed by atoms with Crippen molar-refractivity contribution in [3.05, 3.63) is 64.2 Å². The first-order valence-electron chi connectivity index (χ1n) is 10.2. The first kappa shape index (κ1) is 22.1. The van der Waals surface area contributed by atoms with Crippen molar-refractivity contribution in [2.75, 3.05) is 30.4 Å². The fourth-order valence-corrected chi connectivity index (χ4v) is 4.34. The van der Waals surface area contributed by atoms with E-state index in [2.05, 4.69) is 16.7 Å². The highest BCUT2D eigenvalue weighted by molar-refractivity contribution is 7.99. The quantitative estimate of drug-likeness (QED) is 0.319. The number of non-ortho nitro benzene ring substituents is 1. The van der Waals surface area contributed by atoms with Crippen LogP contribution in [0.2, 0.25) is 0 Å². The molecular weight excluding hydrogens is 402 g/mol. The van der Waals surface area contributed by atoms with Crippen molar-refractivity contribution >= 4 is 34.7 Å². The van der Waals surface area contributed by atoms with Gasteiger partial charge >= 0.3 is 0 Å². The molecule has 2 aromatic carbocycles. The van der Waals surface area contributed by atoms with Crippen molar-refractivity contribution in [3.63, 3.8) is 0 Å². The van der Waals surface area contributed by atoms with Gasteiger partial charge in [-0.15, -0.1) is 0 Å². The Kier molecular flexibility index (Phi) is 8.53. The number of hydrogen-bond acceptors (Lipinski definition) is 6. The molecule has 1 aliphatic rings. The molecule has 2 N–H and O–H groups in total. The van der Waals surface area contributed by atoms with E-state index < -0.39 is 4.92 Å². The molecular formula is C22H27N3O4S. The Bertz CT molecular complexity index is 839. The van der Waals surface area contributed by atoms with E-state index in [-0.39, 0.29) is 11.6 Å². The van der Waals surface area contributed by atoms with Crippen LogP contribution in [0.3, 0.4) is 0 Å². The summed E-state index contributed by atoms with van der Waals surface area (Å²) in [5, 5.41) is 17.5. The third kappa shape index (κ3) is 7.35. The second-order valence-electron chi connectivity index (χ2n) is 7.21. The molecule has 7 nitrogen and oxygen atoms in total. The zero-order chi connectivity index (χ0) is 21.2. The molecule has 160 valence electrons. The molecule has 1 heterocycles. The van der Waals surface area contributed by atoms with Crippen LogP contribution >= 0.6 is 11.8 Å². The number of benzene rings is 2.